The van der Waals surface area contributed by atoms with E-state index in [0.717, 1.165) is 11.3 Å². The molecule has 7 nitrogen and oxygen atoms in total. The summed E-state index contributed by atoms with van der Waals surface area (Å²) in [6.45, 7) is 6.52. The first-order chi connectivity index (χ1) is 13.3. The molecular formula is C20H23NO6S. The molecule has 150 valence electrons. The second kappa shape index (κ2) is 9.36. The lowest BCUT2D eigenvalue weighted by Gasteiger charge is -2.16. The van der Waals surface area contributed by atoms with Crippen molar-refractivity contribution in [1.29, 1.82) is 0 Å². The van der Waals surface area contributed by atoms with Crippen LogP contribution in [0.15, 0.2) is 24.3 Å². The summed E-state index contributed by atoms with van der Waals surface area (Å²) in [5, 5.41) is 2.95. The van der Waals surface area contributed by atoms with Gasteiger partial charge >= 0.3 is 5.97 Å². The lowest BCUT2D eigenvalue weighted by Crippen LogP contribution is -2.30. The largest absolute Gasteiger partial charge is 0.493 e. The van der Waals surface area contributed by atoms with E-state index < -0.39 is 18.0 Å². The Labute approximate surface area is 167 Å². The maximum Gasteiger partial charge on any atom is 0.341 e. The number of esters is 1. The van der Waals surface area contributed by atoms with Gasteiger partial charge in [-0.05, 0) is 45.4 Å². The van der Waals surface area contributed by atoms with Gasteiger partial charge in [-0.15, -0.1) is 11.3 Å². The number of para-hydroxylation sites is 2. The van der Waals surface area contributed by atoms with Gasteiger partial charge in [0.2, 0.25) is 0 Å². The third-order valence-electron chi connectivity index (χ3n) is 3.92. The quantitative estimate of drug-likeness (QED) is 0.530. The molecule has 28 heavy (non-hydrogen) atoms. The van der Waals surface area contributed by atoms with Crippen molar-refractivity contribution in [3.8, 4) is 11.5 Å². The topological polar surface area (TPSA) is 90.9 Å². The Hall–Kier alpha value is -2.87. The van der Waals surface area contributed by atoms with E-state index in [-0.39, 0.29) is 23.0 Å². The molecule has 0 fully saturated rings. The smallest absolute Gasteiger partial charge is 0.341 e. The Morgan fingerprint density at radius 3 is 2.39 bits per heavy atom. The highest BCUT2D eigenvalue weighted by molar-refractivity contribution is 7.18. The zero-order valence-corrected chi connectivity index (χ0v) is 17.3. The average Bonchev–Trinajstić information content (AvgIpc) is 2.98. The Kier molecular flexibility index (Phi) is 7.17. The van der Waals surface area contributed by atoms with E-state index in [2.05, 4.69) is 5.32 Å². The molecule has 1 aromatic carbocycles. The van der Waals surface area contributed by atoms with Gasteiger partial charge in [-0.2, -0.15) is 0 Å². The van der Waals surface area contributed by atoms with E-state index in [1.807, 2.05) is 0 Å². The summed E-state index contributed by atoms with van der Waals surface area (Å²) in [5.74, 6) is -0.317. The van der Waals surface area contributed by atoms with E-state index in [1.165, 1.54) is 14.0 Å². The highest BCUT2D eigenvalue weighted by atomic mass is 32.1. The Morgan fingerprint density at radius 1 is 1.18 bits per heavy atom. The summed E-state index contributed by atoms with van der Waals surface area (Å²) in [6, 6.07) is 6.97. The summed E-state index contributed by atoms with van der Waals surface area (Å²) in [7, 11) is 1.51. The number of benzene rings is 1. The van der Waals surface area contributed by atoms with E-state index in [1.54, 1.807) is 45.0 Å². The minimum absolute atomic E-state index is 0.185. The van der Waals surface area contributed by atoms with Crippen LogP contribution in [-0.2, 0) is 9.53 Å². The minimum Gasteiger partial charge on any atom is -0.493 e. The number of rotatable bonds is 8. The second-order valence-corrected chi connectivity index (χ2v) is 6.96. The molecule has 1 unspecified atom stereocenters. The number of carbonyl (C=O) groups is 3. The fraction of sp³-hybridized carbons (Fsp3) is 0.350. The molecule has 1 aromatic heterocycles. The number of ether oxygens (including phenoxy) is 3. The van der Waals surface area contributed by atoms with E-state index in [0.29, 0.717) is 21.9 Å². The van der Waals surface area contributed by atoms with Gasteiger partial charge in [-0.1, -0.05) is 12.1 Å². The van der Waals surface area contributed by atoms with Crippen LogP contribution < -0.4 is 14.8 Å². The van der Waals surface area contributed by atoms with Crippen molar-refractivity contribution >= 4 is 34.0 Å². The van der Waals surface area contributed by atoms with Crippen molar-refractivity contribution in [2.75, 3.05) is 19.0 Å². The minimum atomic E-state index is -0.866. The number of hydrogen-bond acceptors (Lipinski definition) is 7. The molecule has 0 aliphatic carbocycles. The predicted molar refractivity (Wildman–Crippen MR) is 107 cm³/mol. The van der Waals surface area contributed by atoms with Crippen LogP contribution in [0.25, 0.3) is 0 Å². The first-order valence-electron chi connectivity index (χ1n) is 8.72. The van der Waals surface area contributed by atoms with Crippen molar-refractivity contribution in [2.45, 2.75) is 33.8 Å². The van der Waals surface area contributed by atoms with Gasteiger partial charge in [0.25, 0.3) is 5.91 Å². The van der Waals surface area contributed by atoms with E-state index in [9.17, 15) is 14.4 Å². The lowest BCUT2D eigenvalue weighted by molar-refractivity contribution is -0.122. The normalized spacial score (nSPS) is 11.5. The molecule has 2 rings (SSSR count). The van der Waals surface area contributed by atoms with E-state index in [4.69, 9.17) is 14.2 Å². The number of ketones is 1. The first-order valence-corrected chi connectivity index (χ1v) is 9.53. The molecule has 1 atom stereocenters. The maximum absolute atomic E-state index is 12.6. The Morgan fingerprint density at radius 2 is 1.82 bits per heavy atom. The highest BCUT2D eigenvalue weighted by Gasteiger charge is 2.27. The van der Waals surface area contributed by atoms with Crippen LogP contribution in [0.3, 0.4) is 0 Å². The van der Waals surface area contributed by atoms with Crippen molar-refractivity contribution in [2.24, 2.45) is 0 Å². The third-order valence-corrected chi connectivity index (χ3v) is 5.23. The van der Waals surface area contributed by atoms with Crippen LogP contribution in [0, 0.1) is 6.92 Å². The molecule has 1 heterocycles. The summed E-state index contributed by atoms with van der Waals surface area (Å²) < 4.78 is 16.0. The zero-order valence-electron chi connectivity index (χ0n) is 16.5. The SMILES string of the molecule is CCOC(=O)c1c(NC(=O)C(C)Oc2ccccc2OC)sc(C(C)=O)c1C. The van der Waals surface area contributed by atoms with Gasteiger partial charge in [0.05, 0.1) is 24.2 Å². The summed E-state index contributed by atoms with van der Waals surface area (Å²) in [4.78, 5) is 37.2. The molecule has 8 heteroatoms. The van der Waals surface area contributed by atoms with Crippen molar-refractivity contribution < 1.29 is 28.6 Å². The Balaban J connectivity index is 2.26. The van der Waals surface area contributed by atoms with Crippen LogP contribution >= 0.6 is 11.3 Å². The van der Waals surface area contributed by atoms with Crippen LogP contribution in [0.1, 0.15) is 46.4 Å². The number of anilines is 1. The van der Waals surface area contributed by atoms with Crippen LogP contribution in [0.4, 0.5) is 5.00 Å². The summed E-state index contributed by atoms with van der Waals surface area (Å²) in [5.41, 5.74) is 0.680. The van der Waals surface area contributed by atoms with Gasteiger partial charge in [-0.3, -0.25) is 9.59 Å². The predicted octanol–water partition coefficient (Wildman–Crippen LogP) is 3.85. The molecule has 0 saturated heterocycles. The fourth-order valence-corrected chi connectivity index (χ4v) is 3.65. The number of carbonyl (C=O) groups excluding carboxylic acids is 3. The van der Waals surface area contributed by atoms with Crippen LogP contribution in [0.2, 0.25) is 0 Å². The molecule has 0 radical (unpaired) electrons. The standard InChI is InChI=1S/C20H23NO6S/c1-6-26-20(24)16-11(2)17(12(3)22)28-19(16)21-18(23)13(4)27-15-10-8-7-9-14(15)25-5/h7-10,13H,6H2,1-5H3,(H,21,23). The highest BCUT2D eigenvalue weighted by Crippen LogP contribution is 2.34. The van der Waals surface area contributed by atoms with Crippen molar-refractivity contribution in [3.05, 3.63) is 40.3 Å². The van der Waals surface area contributed by atoms with Crippen LogP contribution in [-0.4, -0.2) is 37.5 Å². The zero-order chi connectivity index (χ0) is 20.8. The summed E-state index contributed by atoms with van der Waals surface area (Å²) >= 11 is 1.05. The maximum atomic E-state index is 12.6. The number of hydrogen-bond donors (Lipinski definition) is 1. The third kappa shape index (κ3) is 4.69. The molecular weight excluding hydrogens is 382 g/mol. The molecule has 0 saturated carbocycles. The molecule has 1 amide bonds. The molecule has 2 aromatic rings. The fourth-order valence-electron chi connectivity index (χ4n) is 2.56. The summed E-state index contributed by atoms with van der Waals surface area (Å²) in [6.07, 6.45) is -0.866. The molecule has 0 aliphatic heterocycles. The Bertz CT molecular complexity index is 889. The molecule has 0 aliphatic rings. The molecule has 0 bridgehead atoms. The van der Waals surface area contributed by atoms with Crippen LogP contribution in [0.5, 0.6) is 11.5 Å². The number of thiophene rings is 1. The molecule has 0 spiro atoms. The number of methoxy groups -OCH3 is 1. The monoisotopic (exact) mass is 405 g/mol. The lowest BCUT2D eigenvalue weighted by atomic mass is 10.1. The van der Waals surface area contributed by atoms with E-state index >= 15 is 0 Å². The van der Waals surface area contributed by atoms with Crippen molar-refractivity contribution in [1.82, 2.24) is 0 Å². The van der Waals surface area contributed by atoms with Gasteiger partial charge in [-0.25, -0.2) is 4.79 Å². The number of nitrogens with one attached hydrogen (secondary N) is 1. The second-order valence-electron chi connectivity index (χ2n) is 5.94. The van der Waals surface area contributed by atoms with Gasteiger partial charge < -0.3 is 19.5 Å². The first kappa shape index (κ1) is 21.4. The average molecular weight is 405 g/mol. The number of Topliss-reactive ketones (excluding diaryl/α,β-unsaturated/α-hetero) is 1. The van der Waals surface area contributed by atoms with Gasteiger partial charge in [0.1, 0.15) is 5.00 Å². The molecule has 1 N–H and O–H groups in total. The van der Waals surface area contributed by atoms with Gasteiger partial charge in [0, 0.05) is 0 Å². The number of amides is 1. The van der Waals surface area contributed by atoms with Gasteiger partial charge in [0.15, 0.2) is 23.4 Å². The van der Waals surface area contributed by atoms with Crippen molar-refractivity contribution in [3.63, 3.8) is 0 Å².